The maximum absolute atomic E-state index is 9.19. The fourth-order valence-electron chi connectivity index (χ4n) is 1.56. The molecule has 0 aliphatic rings. The van der Waals surface area contributed by atoms with Crippen molar-refractivity contribution in [2.24, 2.45) is 5.41 Å². The van der Waals surface area contributed by atoms with Gasteiger partial charge < -0.3 is 5.11 Å². The van der Waals surface area contributed by atoms with Crippen molar-refractivity contribution < 1.29 is 5.11 Å². The van der Waals surface area contributed by atoms with Crippen molar-refractivity contribution in [1.29, 1.82) is 0 Å². The minimum atomic E-state index is -0.151. The third kappa shape index (κ3) is 6.36. The zero-order valence-corrected chi connectivity index (χ0v) is 8.35. The molecule has 0 aromatic heterocycles. The lowest BCUT2D eigenvalue weighted by Gasteiger charge is -2.25. The van der Waals surface area contributed by atoms with Gasteiger partial charge in [0.2, 0.25) is 0 Å². The molecule has 0 rings (SSSR count). The van der Waals surface area contributed by atoms with Crippen molar-refractivity contribution in [3.63, 3.8) is 0 Å². The second kappa shape index (κ2) is 4.76. The van der Waals surface area contributed by atoms with Crippen molar-refractivity contribution >= 4 is 0 Å². The molecule has 0 aliphatic heterocycles. The van der Waals surface area contributed by atoms with Crippen LogP contribution in [0.3, 0.4) is 0 Å². The highest BCUT2D eigenvalue weighted by atomic mass is 16.3. The molecule has 11 heavy (non-hydrogen) atoms. The molecule has 1 atom stereocenters. The Hall–Kier alpha value is -0.0400. The van der Waals surface area contributed by atoms with Gasteiger partial charge in [-0.3, -0.25) is 0 Å². The van der Waals surface area contributed by atoms with E-state index < -0.39 is 0 Å². The summed E-state index contributed by atoms with van der Waals surface area (Å²) in [6.45, 7) is 8.54. The fraction of sp³-hybridized carbons (Fsp3) is 1.00. The Labute approximate surface area is 70.8 Å². The summed E-state index contributed by atoms with van der Waals surface area (Å²) < 4.78 is 0. The van der Waals surface area contributed by atoms with E-state index in [9.17, 15) is 5.11 Å². The highest BCUT2D eigenvalue weighted by Crippen LogP contribution is 2.28. The van der Waals surface area contributed by atoms with Gasteiger partial charge in [-0.2, -0.15) is 0 Å². The summed E-state index contributed by atoms with van der Waals surface area (Å²) in [6, 6.07) is 0. The van der Waals surface area contributed by atoms with Crippen LogP contribution in [-0.4, -0.2) is 11.2 Å². The first-order valence-electron chi connectivity index (χ1n) is 4.66. The molecule has 0 aromatic rings. The van der Waals surface area contributed by atoms with Gasteiger partial charge in [-0.15, -0.1) is 0 Å². The van der Waals surface area contributed by atoms with Crippen molar-refractivity contribution in [1.82, 2.24) is 0 Å². The van der Waals surface area contributed by atoms with E-state index in [1.165, 1.54) is 19.3 Å². The summed E-state index contributed by atoms with van der Waals surface area (Å²) in [5, 5.41) is 9.19. The lowest BCUT2D eigenvalue weighted by atomic mass is 9.82. The van der Waals surface area contributed by atoms with Crippen molar-refractivity contribution in [3.05, 3.63) is 0 Å². The minimum Gasteiger partial charge on any atom is -0.393 e. The van der Waals surface area contributed by atoms with Crippen LogP contribution in [0.15, 0.2) is 0 Å². The third-order valence-corrected chi connectivity index (χ3v) is 2.06. The fourth-order valence-corrected chi connectivity index (χ4v) is 1.56. The molecule has 0 aromatic carbocycles. The van der Waals surface area contributed by atoms with Gasteiger partial charge in [0.1, 0.15) is 0 Å². The predicted octanol–water partition coefficient (Wildman–Crippen LogP) is 2.97. The Balaban J connectivity index is 3.61. The lowest BCUT2D eigenvalue weighted by Crippen LogP contribution is -2.18. The molecular weight excluding hydrogens is 136 g/mol. The van der Waals surface area contributed by atoms with Gasteiger partial charge in [-0.05, 0) is 25.2 Å². The first kappa shape index (κ1) is 11.0. The van der Waals surface area contributed by atoms with Gasteiger partial charge in [0, 0.05) is 0 Å². The van der Waals surface area contributed by atoms with Gasteiger partial charge in [-0.1, -0.05) is 33.6 Å². The van der Waals surface area contributed by atoms with E-state index in [0.717, 1.165) is 6.42 Å². The summed E-state index contributed by atoms with van der Waals surface area (Å²) in [4.78, 5) is 0. The summed E-state index contributed by atoms with van der Waals surface area (Å²) in [5.74, 6) is 0. The van der Waals surface area contributed by atoms with Crippen LogP contribution in [0.5, 0.6) is 0 Å². The smallest absolute Gasteiger partial charge is 0.0517 e. The second-order valence-electron chi connectivity index (χ2n) is 4.32. The van der Waals surface area contributed by atoms with Gasteiger partial charge in [0.15, 0.2) is 0 Å². The van der Waals surface area contributed by atoms with Crippen LogP contribution in [0.2, 0.25) is 0 Å². The molecule has 0 radical (unpaired) electrons. The molecule has 1 nitrogen and oxygen atoms in total. The maximum Gasteiger partial charge on any atom is 0.0517 e. The van der Waals surface area contributed by atoms with Crippen LogP contribution in [0.4, 0.5) is 0 Å². The van der Waals surface area contributed by atoms with E-state index in [4.69, 9.17) is 0 Å². The molecule has 0 saturated heterocycles. The lowest BCUT2D eigenvalue weighted by molar-refractivity contribution is 0.123. The molecule has 0 fully saturated rings. The van der Waals surface area contributed by atoms with Gasteiger partial charge >= 0.3 is 0 Å². The first-order chi connectivity index (χ1) is 4.98. The van der Waals surface area contributed by atoms with E-state index in [2.05, 4.69) is 20.8 Å². The summed E-state index contributed by atoms with van der Waals surface area (Å²) in [7, 11) is 0. The Morgan fingerprint density at radius 3 is 2.27 bits per heavy atom. The van der Waals surface area contributed by atoms with Crippen molar-refractivity contribution in [2.75, 3.05) is 0 Å². The summed E-state index contributed by atoms with van der Waals surface area (Å²) in [5.41, 5.74) is 0.324. The quantitative estimate of drug-likeness (QED) is 0.652. The van der Waals surface area contributed by atoms with Crippen molar-refractivity contribution in [2.45, 2.75) is 59.5 Å². The number of hydrogen-bond acceptors (Lipinski definition) is 1. The zero-order valence-electron chi connectivity index (χ0n) is 8.35. The maximum atomic E-state index is 9.19. The number of aliphatic hydroxyl groups excluding tert-OH is 1. The molecule has 1 unspecified atom stereocenters. The number of aliphatic hydroxyl groups is 1. The molecule has 68 valence electrons. The SMILES string of the molecule is CCCCC(C)(C)CC(C)O. The van der Waals surface area contributed by atoms with E-state index in [0.29, 0.717) is 5.41 Å². The normalized spacial score (nSPS) is 15.0. The van der Waals surface area contributed by atoms with Crippen LogP contribution in [0, 0.1) is 5.41 Å². The monoisotopic (exact) mass is 158 g/mol. The minimum absolute atomic E-state index is 0.151. The summed E-state index contributed by atoms with van der Waals surface area (Å²) >= 11 is 0. The standard InChI is InChI=1S/C10H22O/c1-5-6-7-10(3,4)8-9(2)11/h9,11H,5-8H2,1-4H3. The Morgan fingerprint density at radius 2 is 1.91 bits per heavy atom. The topological polar surface area (TPSA) is 20.2 Å². The molecule has 0 saturated carbocycles. The Kier molecular flexibility index (Phi) is 4.74. The van der Waals surface area contributed by atoms with Crippen LogP contribution in [0.25, 0.3) is 0 Å². The van der Waals surface area contributed by atoms with Crippen LogP contribution in [-0.2, 0) is 0 Å². The average molecular weight is 158 g/mol. The highest BCUT2D eigenvalue weighted by Gasteiger charge is 2.18. The molecule has 0 spiro atoms. The van der Waals surface area contributed by atoms with Crippen LogP contribution >= 0.6 is 0 Å². The van der Waals surface area contributed by atoms with E-state index in [1.807, 2.05) is 6.92 Å². The van der Waals surface area contributed by atoms with Crippen LogP contribution in [0.1, 0.15) is 53.4 Å². The molecule has 1 heteroatoms. The largest absolute Gasteiger partial charge is 0.393 e. The molecule has 1 N–H and O–H groups in total. The second-order valence-corrected chi connectivity index (χ2v) is 4.32. The molecule has 0 bridgehead atoms. The average Bonchev–Trinajstić information content (AvgIpc) is 1.81. The zero-order chi connectivity index (χ0) is 8.91. The number of rotatable bonds is 5. The van der Waals surface area contributed by atoms with E-state index in [1.54, 1.807) is 0 Å². The van der Waals surface area contributed by atoms with Crippen molar-refractivity contribution in [3.8, 4) is 0 Å². The predicted molar refractivity (Wildman–Crippen MR) is 49.6 cm³/mol. The van der Waals surface area contributed by atoms with Gasteiger partial charge in [0.05, 0.1) is 6.10 Å². The Bertz CT molecular complexity index is 95.0. The molecule has 0 heterocycles. The number of hydrogen-bond donors (Lipinski definition) is 1. The molecular formula is C10H22O. The van der Waals surface area contributed by atoms with Gasteiger partial charge in [-0.25, -0.2) is 0 Å². The molecule has 0 amide bonds. The number of unbranched alkanes of at least 4 members (excludes halogenated alkanes) is 1. The Morgan fingerprint density at radius 1 is 1.36 bits per heavy atom. The van der Waals surface area contributed by atoms with Crippen LogP contribution < -0.4 is 0 Å². The molecule has 0 aliphatic carbocycles. The highest BCUT2D eigenvalue weighted by molar-refractivity contribution is 4.70. The van der Waals surface area contributed by atoms with E-state index >= 15 is 0 Å². The summed E-state index contributed by atoms with van der Waals surface area (Å²) in [6.07, 6.45) is 4.53. The first-order valence-corrected chi connectivity index (χ1v) is 4.66. The van der Waals surface area contributed by atoms with E-state index in [-0.39, 0.29) is 6.10 Å². The third-order valence-electron chi connectivity index (χ3n) is 2.06. The van der Waals surface area contributed by atoms with Gasteiger partial charge in [0.25, 0.3) is 0 Å².